The molecule has 1 rings (SSSR count). The number of anilines is 1. The van der Waals surface area contributed by atoms with Crippen molar-refractivity contribution < 1.29 is 9.59 Å². The molecular weight excluding hydrogens is 286 g/mol. The van der Waals surface area contributed by atoms with E-state index in [2.05, 4.69) is 10.6 Å². The summed E-state index contributed by atoms with van der Waals surface area (Å²) in [4.78, 5) is 26.3. The second kappa shape index (κ2) is 7.36. The van der Waals surface area contributed by atoms with E-state index >= 15 is 0 Å². The van der Waals surface area contributed by atoms with Crippen LogP contribution in [-0.2, 0) is 4.79 Å². The van der Waals surface area contributed by atoms with Gasteiger partial charge in [-0.2, -0.15) is 0 Å². The third-order valence-corrected chi connectivity index (χ3v) is 3.33. The molecule has 0 spiro atoms. The number of hydrogen-bond donors (Lipinski definition) is 2. The van der Waals surface area contributed by atoms with Crippen molar-refractivity contribution in [2.75, 3.05) is 25.2 Å². The van der Waals surface area contributed by atoms with Crippen LogP contribution in [0.4, 0.5) is 10.5 Å². The number of amides is 3. The van der Waals surface area contributed by atoms with Gasteiger partial charge in [-0.05, 0) is 51.3 Å². The van der Waals surface area contributed by atoms with Crippen molar-refractivity contribution >= 4 is 29.4 Å². The fourth-order valence-electron chi connectivity index (χ4n) is 1.64. The molecule has 1 aromatic rings. The van der Waals surface area contributed by atoms with Crippen LogP contribution in [0.5, 0.6) is 0 Å². The predicted molar refractivity (Wildman–Crippen MR) is 87.8 cm³/mol. The summed E-state index contributed by atoms with van der Waals surface area (Å²) in [5, 5.41) is 5.58. The molecule has 0 bridgehead atoms. The number of hydrogen-bond acceptors (Lipinski definition) is 3. The third kappa shape index (κ3) is 6.53. The first-order valence-electron chi connectivity index (χ1n) is 6.68. The average molecular weight is 309 g/mol. The van der Waals surface area contributed by atoms with Gasteiger partial charge in [0.2, 0.25) is 5.91 Å². The molecule has 116 valence electrons. The summed E-state index contributed by atoms with van der Waals surface area (Å²) < 4.78 is 0. The zero-order valence-electron chi connectivity index (χ0n) is 13.2. The van der Waals surface area contributed by atoms with E-state index in [0.717, 1.165) is 4.90 Å². The van der Waals surface area contributed by atoms with Crippen LogP contribution in [0.1, 0.15) is 20.8 Å². The highest BCUT2D eigenvalue weighted by atomic mass is 32.2. The van der Waals surface area contributed by atoms with Crippen molar-refractivity contribution in [3.8, 4) is 0 Å². The molecule has 0 aliphatic heterocycles. The largest absolute Gasteiger partial charge is 0.350 e. The maximum atomic E-state index is 12.0. The summed E-state index contributed by atoms with van der Waals surface area (Å²) in [6.45, 7) is 5.72. The monoisotopic (exact) mass is 309 g/mol. The number of nitrogens with zero attached hydrogens (tertiary/aromatic N) is 1. The highest BCUT2D eigenvalue weighted by molar-refractivity contribution is 7.98. The molecule has 21 heavy (non-hydrogen) atoms. The summed E-state index contributed by atoms with van der Waals surface area (Å²) in [7, 11) is 1.59. The Labute approximate surface area is 130 Å². The zero-order chi connectivity index (χ0) is 16.0. The highest BCUT2D eigenvalue weighted by Crippen LogP contribution is 2.17. The Morgan fingerprint density at radius 3 is 2.24 bits per heavy atom. The number of rotatable bonds is 4. The molecule has 0 unspecified atom stereocenters. The van der Waals surface area contributed by atoms with Gasteiger partial charge >= 0.3 is 6.03 Å². The molecule has 5 nitrogen and oxygen atoms in total. The minimum Gasteiger partial charge on any atom is -0.350 e. The molecule has 3 amide bonds. The number of carbonyl (C=O) groups excluding carboxylic acids is 2. The van der Waals surface area contributed by atoms with Crippen molar-refractivity contribution in [1.82, 2.24) is 10.2 Å². The van der Waals surface area contributed by atoms with Gasteiger partial charge in [0, 0.05) is 23.2 Å². The van der Waals surface area contributed by atoms with E-state index in [1.54, 1.807) is 18.8 Å². The van der Waals surface area contributed by atoms with Gasteiger partial charge in [0.25, 0.3) is 0 Å². The first kappa shape index (κ1) is 17.4. The summed E-state index contributed by atoms with van der Waals surface area (Å²) in [5.41, 5.74) is 0.406. The van der Waals surface area contributed by atoms with Gasteiger partial charge in [0.05, 0.1) is 0 Å². The standard InChI is InChI=1S/C15H23N3O2S/c1-15(2,3)17-13(19)10-18(4)14(20)16-11-6-8-12(21-5)9-7-11/h6-9H,10H2,1-5H3,(H,16,20)(H,17,19). The van der Waals surface area contributed by atoms with Crippen LogP contribution in [0.2, 0.25) is 0 Å². The molecule has 0 aliphatic carbocycles. The van der Waals surface area contributed by atoms with E-state index in [-0.39, 0.29) is 24.0 Å². The quantitative estimate of drug-likeness (QED) is 0.841. The molecule has 0 heterocycles. The minimum atomic E-state index is -0.309. The highest BCUT2D eigenvalue weighted by Gasteiger charge is 2.17. The molecule has 0 fully saturated rings. The first-order chi connectivity index (χ1) is 9.71. The molecule has 2 N–H and O–H groups in total. The van der Waals surface area contributed by atoms with Crippen molar-refractivity contribution in [3.05, 3.63) is 24.3 Å². The maximum absolute atomic E-state index is 12.0. The third-order valence-electron chi connectivity index (χ3n) is 2.58. The molecule has 0 radical (unpaired) electrons. The van der Waals surface area contributed by atoms with Crippen LogP contribution in [0.3, 0.4) is 0 Å². The van der Waals surface area contributed by atoms with Crippen molar-refractivity contribution in [2.45, 2.75) is 31.2 Å². The van der Waals surface area contributed by atoms with Crippen LogP contribution in [0, 0.1) is 0 Å². The number of urea groups is 1. The fraction of sp³-hybridized carbons (Fsp3) is 0.467. The Balaban J connectivity index is 2.52. The van der Waals surface area contributed by atoms with E-state index in [1.807, 2.05) is 51.3 Å². The molecule has 0 saturated carbocycles. The van der Waals surface area contributed by atoms with Gasteiger partial charge in [-0.15, -0.1) is 11.8 Å². The Morgan fingerprint density at radius 2 is 1.76 bits per heavy atom. The van der Waals surface area contributed by atoms with Crippen LogP contribution in [0.25, 0.3) is 0 Å². The Kier molecular flexibility index (Phi) is 6.08. The Bertz CT molecular complexity index is 495. The maximum Gasteiger partial charge on any atom is 0.322 e. The van der Waals surface area contributed by atoms with Gasteiger partial charge in [0.15, 0.2) is 0 Å². The van der Waals surface area contributed by atoms with E-state index in [0.29, 0.717) is 5.69 Å². The van der Waals surface area contributed by atoms with E-state index in [9.17, 15) is 9.59 Å². The van der Waals surface area contributed by atoms with E-state index < -0.39 is 0 Å². The zero-order valence-corrected chi connectivity index (χ0v) is 14.0. The SMILES string of the molecule is CSc1ccc(NC(=O)N(C)CC(=O)NC(C)(C)C)cc1. The normalized spacial score (nSPS) is 10.9. The van der Waals surface area contributed by atoms with Crippen LogP contribution < -0.4 is 10.6 Å². The summed E-state index contributed by atoms with van der Waals surface area (Å²) in [5.74, 6) is -0.183. The summed E-state index contributed by atoms with van der Waals surface area (Å²) in [6, 6.07) is 7.25. The van der Waals surface area contributed by atoms with Crippen LogP contribution in [0.15, 0.2) is 29.2 Å². The lowest BCUT2D eigenvalue weighted by Gasteiger charge is -2.23. The van der Waals surface area contributed by atoms with Crippen LogP contribution in [-0.4, -0.2) is 42.2 Å². The second-order valence-electron chi connectivity index (χ2n) is 5.81. The molecular formula is C15H23N3O2S. The second-order valence-corrected chi connectivity index (χ2v) is 6.69. The lowest BCUT2D eigenvalue weighted by atomic mass is 10.1. The Morgan fingerprint density at radius 1 is 1.19 bits per heavy atom. The van der Waals surface area contributed by atoms with Gasteiger partial charge in [-0.25, -0.2) is 4.79 Å². The molecule has 0 saturated heterocycles. The fourth-order valence-corrected chi connectivity index (χ4v) is 2.05. The minimum absolute atomic E-state index is 0.0198. The molecule has 0 aliphatic rings. The number of thioether (sulfide) groups is 1. The molecule has 0 atom stereocenters. The van der Waals surface area contributed by atoms with E-state index in [1.165, 1.54) is 4.90 Å². The molecule has 0 aromatic heterocycles. The number of benzene rings is 1. The predicted octanol–water partition coefficient (Wildman–Crippen LogP) is 2.79. The lowest BCUT2D eigenvalue weighted by Crippen LogP contribution is -2.47. The van der Waals surface area contributed by atoms with E-state index in [4.69, 9.17) is 0 Å². The average Bonchev–Trinajstić information content (AvgIpc) is 2.37. The van der Waals surface area contributed by atoms with Gasteiger partial charge in [-0.1, -0.05) is 0 Å². The van der Waals surface area contributed by atoms with Crippen molar-refractivity contribution in [2.24, 2.45) is 0 Å². The number of likely N-dealkylation sites (N-methyl/N-ethyl adjacent to an activating group) is 1. The van der Waals surface area contributed by atoms with Crippen LogP contribution >= 0.6 is 11.8 Å². The molecule has 1 aromatic carbocycles. The van der Waals surface area contributed by atoms with Crippen molar-refractivity contribution in [3.63, 3.8) is 0 Å². The summed E-state index contributed by atoms with van der Waals surface area (Å²) >= 11 is 1.64. The lowest BCUT2D eigenvalue weighted by molar-refractivity contribution is -0.122. The Hall–Kier alpha value is -1.69. The van der Waals surface area contributed by atoms with Crippen molar-refractivity contribution in [1.29, 1.82) is 0 Å². The smallest absolute Gasteiger partial charge is 0.322 e. The van der Waals surface area contributed by atoms with Gasteiger partial charge < -0.3 is 15.5 Å². The topological polar surface area (TPSA) is 61.4 Å². The number of nitrogens with one attached hydrogen (secondary N) is 2. The van der Waals surface area contributed by atoms with Gasteiger partial charge in [0.1, 0.15) is 6.54 Å². The number of carbonyl (C=O) groups is 2. The first-order valence-corrected chi connectivity index (χ1v) is 7.91. The summed E-state index contributed by atoms with van der Waals surface area (Å²) in [6.07, 6.45) is 2.00. The van der Waals surface area contributed by atoms with Gasteiger partial charge in [-0.3, -0.25) is 4.79 Å². The molecule has 6 heteroatoms.